The molecule has 0 aliphatic heterocycles. The van der Waals surface area contributed by atoms with E-state index in [2.05, 4.69) is 9.84 Å². The van der Waals surface area contributed by atoms with Crippen molar-refractivity contribution in [1.29, 1.82) is 0 Å². The van der Waals surface area contributed by atoms with Crippen molar-refractivity contribution in [1.82, 2.24) is 9.78 Å². The predicted octanol–water partition coefficient (Wildman–Crippen LogP) is 1.56. The highest BCUT2D eigenvalue weighted by atomic mass is 16.6. The van der Waals surface area contributed by atoms with Crippen LogP contribution in [0.1, 0.15) is 11.1 Å². The van der Waals surface area contributed by atoms with E-state index in [4.69, 9.17) is 0 Å². The normalized spacial score (nSPS) is 10.2. The van der Waals surface area contributed by atoms with Crippen LogP contribution in [0.15, 0.2) is 36.7 Å². The van der Waals surface area contributed by atoms with Crippen molar-refractivity contribution in [2.75, 3.05) is 7.11 Å². The van der Waals surface area contributed by atoms with E-state index >= 15 is 0 Å². The van der Waals surface area contributed by atoms with E-state index in [1.165, 1.54) is 24.2 Å². The van der Waals surface area contributed by atoms with Gasteiger partial charge in [-0.1, -0.05) is 24.3 Å². The Morgan fingerprint density at radius 1 is 1.40 bits per heavy atom. The average Bonchev–Trinajstić information content (AvgIpc) is 2.89. The molecule has 20 heavy (non-hydrogen) atoms. The van der Waals surface area contributed by atoms with Gasteiger partial charge in [0.05, 0.1) is 25.0 Å². The molecule has 7 heteroatoms. The summed E-state index contributed by atoms with van der Waals surface area (Å²) in [6.45, 7) is 0.362. The third-order valence-electron chi connectivity index (χ3n) is 2.84. The van der Waals surface area contributed by atoms with E-state index in [1.807, 2.05) is 24.3 Å². The first-order valence-corrected chi connectivity index (χ1v) is 5.90. The summed E-state index contributed by atoms with van der Waals surface area (Å²) in [7, 11) is 1.34. The fraction of sp³-hybridized carbons (Fsp3) is 0.231. The summed E-state index contributed by atoms with van der Waals surface area (Å²) in [6, 6.07) is 7.34. The molecular formula is C13H13N3O4. The van der Waals surface area contributed by atoms with Crippen LogP contribution < -0.4 is 0 Å². The second kappa shape index (κ2) is 5.96. The minimum Gasteiger partial charge on any atom is -0.469 e. The van der Waals surface area contributed by atoms with Crippen molar-refractivity contribution in [2.45, 2.75) is 13.0 Å². The van der Waals surface area contributed by atoms with Crippen molar-refractivity contribution >= 4 is 11.7 Å². The third-order valence-corrected chi connectivity index (χ3v) is 2.84. The van der Waals surface area contributed by atoms with Crippen LogP contribution in [-0.4, -0.2) is 27.8 Å². The molecule has 0 unspecified atom stereocenters. The lowest BCUT2D eigenvalue weighted by molar-refractivity contribution is -0.385. The van der Waals surface area contributed by atoms with Crippen molar-refractivity contribution in [3.05, 3.63) is 57.9 Å². The molecule has 0 aliphatic rings. The molecule has 0 bridgehead atoms. The van der Waals surface area contributed by atoms with Crippen molar-refractivity contribution in [3.63, 3.8) is 0 Å². The first-order valence-electron chi connectivity index (χ1n) is 5.90. The molecule has 0 N–H and O–H groups in total. The Kier molecular flexibility index (Phi) is 4.09. The minimum absolute atomic E-state index is 0.0598. The number of aromatic nitrogens is 2. The number of hydrogen-bond donors (Lipinski definition) is 0. The van der Waals surface area contributed by atoms with Gasteiger partial charge >= 0.3 is 11.7 Å². The Hall–Kier alpha value is -2.70. The molecular weight excluding hydrogens is 262 g/mol. The van der Waals surface area contributed by atoms with Gasteiger partial charge in [0.2, 0.25) is 0 Å². The molecule has 1 heterocycles. The quantitative estimate of drug-likeness (QED) is 0.469. The van der Waals surface area contributed by atoms with Gasteiger partial charge in [-0.3, -0.25) is 19.6 Å². The lowest BCUT2D eigenvalue weighted by Gasteiger charge is -2.08. The number of benzene rings is 1. The first kappa shape index (κ1) is 13.7. The molecule has 7 nitrogen and oxygen atoms in total. The molecule has 0 atom stereocenters. The third kappa shape index (κ3) is 3.19. The number of nitro groups is 1. The van der Waals surface area contributed by atoms with Crippen LogP contribution in [0.5, 0.6) is 0 Å². The molecule has 104 valence electrons. The molecule has 0 spiro atoms. The number of rotatable bonds is 5. The Labute approximate surface area is 114 Å². The molecule has 0 saturated carbocycles. The van der Waals surface area contributed by atoms with E-state index in [9.17, 15) is 14.9 Å². The molecule has 2 rings (SSSR count). The maximum atomic E-state index is 11.3. The average molecular weight is 275 g/mol. The van der Waals surface area contributed by atoms with Crippen LogP contribution in [0.4, 0.5) is 5.69 Å². The Morgan fingerprint density at radius 2 is 2.10 bits per heavy atom. The Bertz CT molecular complexity index is 636. The second-order valence-corrected chi connectivity index (χ2v) is 4.17. The highest BCUT2D eigenvalue weighted by Crippen LogP contribution is 2.14. The number of nitrogens with zero attached hydrogens (tertiary/aromatic N) is 3. The van der Waals surface area contributed by atoms with E-state index < -0.39 is 4.92 Å². The maximum Gasteiger partial charge on any atom is 0.309 e. The monoisotopic (exact) mass is 275 g/mol. The van der Waals surface area contributed by atoms with Crippen LogP contribution in [0, 0.1) is 10.1 Å². The molecule has 0 radical (unpaired) electrons. The zero-order chi connectivity index (χ0) is 14.5. The molecule has 1 aromatic carbocycles. The van der Waals surface area contributed by atoms with E-state index in [1.54, 1.807) is 0 Å². The van der Waals surface area contributed by atoms with Crippen LogP contribution in [0.25, 0.3) is 0 Å². The van der Waals surface area contributed by atoms with Crippen LogP contribution in [0.2, 0.25) is 0 Å². The molecule has 0 aliphatic carbocycles. The molecule has 0 amide bonds. The zero-order valence-electron chi connectivity index (χ0n) is 10.9. The Balaban J connectivity index is 2.19. The Morgan fingerprint density at radius 3 is 2.70 bits per heavy atom. The van der Waals surface area contributed by atoms with Crippen LogP contribution in [-0.2, 0) is 22.5 Å². The SMILES string of the molecule is COC(=O)Cc1ccccc1Cn1cc([N+](=O)[O-])cn1. The summed E-state index contributed by atoms with van der Waals surface area (Å²) in [5, 5.41) is 14.5. The molecule has 0 fully saturated rings. The van der Waals surface area contributed by atoms with Crippen molar-refractivity contribution in [2.24, 2.45) is 0 Å². The summed E-state index contributed by atoms with van der Waals surface area (Å²) >= 11 is 0. The zero-order valence-corrected chi connectivity index (χ0v) is 10.9. The van der Waals surface area contributed by atoms with Gasteiger partial charge in [0.25, 0.3) is 0 Å². The van der Waals surface area contributed by atoms with E-state index in [0.29, 0.717) is 6.54 Å². The van der Waals surface area contributed by atoms with Crippen LogP contribution >= 0.6 is 0 Å². The molecule has 2 aromatic rings. The lowest BCUT2D eigenvalue weighted by atomic mass is 10.0. The number of carbonyl (C=O) groups is 1. The van der Waals surface area contributed by atoms with Gasteiger partial charge in [-0.2, -0.15) is 5.10 Å². The topological polar surface area (TPSA) is 87.3 Å². The second-order valence-electron chi connectivity index (χ2n) is 4.17. The van der Waals surface area contributed by atoms with Gasteiger partial charge in [0.15, 0.2) is 0 Å². The van der Waals surface area contributed by atoms with Gasteiger partial charge in [-0.05, 0) is 11.1 Å². The first-order chi connectivity index (χ1) is 9.60. The minimum atomic E-state index is -0.496. The number of esters is 1. The number of methoxy groups -OCH3 is 1. The predicted molar refractivity (Wildman–Crippen MR) is 70.1 cm³/mol. The summed E-state index contributed by atoms with van der Waals surface area (Å²) in [6.07, 6.45) is 2.72. The van der Waals surface area contributed by atoms with Gasteiger partial charge in [0, 0.05) is 0 Å². The van der Waals surface area contributed by atoms with E-state index in [-0.39, 0.29) is 18.1 Å². The van der Waals surface area contributed by atoms with Gasteiger partial charge in [-0.15, -0.1) is 0 Å². The summed E-state index contributed by atoms with van der Waals surface area (Å²) in [5.74, 6) is -0.330. The number of carbonyl (C=O) groups excluding carboxylic acids is 1. The fourth-order valence-electron chi connectivity index (χ4n) is 1.82. The fourth-order valence-corrected chi connectivity index (χ4v) is 1.82. The molecule has 1 aromatic heterocycles. The number of ether oxygens (including phenoxy) is 1. The van der Waals surface area contributed by atoms with E-state index in [0.717, 1.165) is 11.1 Å². The van der Waals surface area contributed by atoms with Crippen molar-refractivity contribution < 1.29 is 14.5 Å². The van der Waals surface area contributed by atoms with Gasteiger partial charge < -0.3 is 4.74 Å². The summed E-state index contributed by atoms with van der Waals surface area (Å²) in [5.41, 5.74) is 1.63. The summed E-state index contributed by atoms with van der Waals surface area (Å²) in [4.78, 5) is 21.5. The smallest absolute Gasteiger partial charge is 0.309 e. The highest BCUT2D eigenvalue weighted by molar-refractivity contribution is 5.72. The molecule has 0 saturated heterocycles. The maximum absolute atomic E-state index is 11.3. The summed E-state index contributed by atoms with van der Waals surface area (Å²) < 4.78 is 6.11. The van der Waals surface area contributed by atoms with Crippen LogP contribution in [0.3, 0.4) is 0 Å². The standard InChI is InChI=1S/C13H13N3O4/c1-20-13(17)6-10-4-2-3-5-11(10)8-15-9-12(7-14-15)16(18)19/h2-5,7,9H,6,8H2,1H3. The largest absolute Gasteiger partial charge is 0.469 e. The highest BCUT2D eigenvalue weighted by Gasteiger charge is 2.11. The van der Waals surface area contributed by atoms with Gasteiger partial charge in [-0.25, -0.2) is 0 Å². The van der Waals surface area contributed by atoms with Gasteiger partial charge in [0.1, 0.15) is 12.4 Å². The van der Waals surface area contributed by atoms with Crippen molar-refractivity contribution in [3.8, 4) is 0 Å². The number of hydrogen-bond acceptors (Lipinski definition) is 5. The lowest BCUT2D eigenvalue weighted by Crippen LogP contribution is -2.09.